The molecule has 0 aliphatic carbocycles. The van der Waals surface area contributed by atoms with Crippen LogP contribution in [0.4, 0.5) is 0 Å². The average molecular weight is 873 g/mol. The Labute approximate surface area is 387 Å². The molecule has 0 aromatic rings. The SMILES string of the molecule is CC/C=C\C/C=C\C/C=C\C/C=C\C/C=C\C/C=C\CCC(=O)OC[C@@H](COC(=O)CCCCCCC/C=C\CCCC)OC(=O)CCCCCCC/C=C\C/C=C\CCCCC. The number of carbonyl (C=O) groups is 3. The molecule has 0 aromatic carbocycles. The molecule has 0 saturated heterocycles. The average Bonchev–Trinajstić information content (AvgIpc) is 3.28. The highest BCUT2D eigenvalue weighted by atomic mass is 16.6. The molecule has 0 N–H and O–H groups in total. The zero-order valence-electron chi connectivity index (χ0n) is 40.5. The number of hydrogen-bond donors (Lipinski definition) is 0. The molecule has 1 atom stereocenters. The number of carbonyl (C=O) groups excluding carboxylic acids is 3. The smallest absolute Gasteiger partial charge is 0.306 e. The van der Waals surface area contributed by atoms with Gasteiger partial charge in [-0.1, -0.05) is 194 Å². The summed E-state index contributed by atoms with van der Waals surface area (Å²) in [7, 11) is 0. The van der Waals surface area contributed by atoms with E-state index in [1.54, 1.807) is 0 Å². The third kappa shape index (κ3) is 49.0. The summed E-state index contributed by atoms with van der Waals surface area (Å²) in [6, 6.07) is 0. The molecular weight excluding hydrogens is 781 g/mol. The van der Waals surface area contributed by atoms with Crippen molar-refractivity contribution >= 4 is 17.9 Å². The van der Waals surface area contributed by atoms with Crippen LogP contribution in [0.2, 0.25) is 0 Å². The quantitative estimate of drug-likeness (QED) is 0.0263. The van der Waals surface area contributed by atoms with Crippen LogP contribution in [-0.2, 0) is 28.6 Å². The van der Waals surface area contributed by atoms with Crippen molar-refractivity contribution < 1.29 is 28.6 Å². The zero-order valence-corrected chi connectivity index (χ0v) is 40.5. The summed E-state index contributed by atoms with van der Waals surface area (Å²) < 4.78 is 16.7. The van der Waals surface area contributed by atoms with Gasteiger partial charge < -0.3 is 14.2 Å². The van der Waals surface area contributed by atoms with Gasteiger partial charge in [0.15, 0.2) is 6.10 Å². The highest BCUT2D eigenvalue weighted by Gasteiger charge is 2.19. The predicted molar refractivity (Wildman–Crippen MR) is 270 cm³/mol. The monoisotopic (exact) mass is 873 g/mol. The number of hydrogen-bond acceptors (Lipinski definition) is 6. The van der Waals surface area contributed by atoms with E-state index in [9.17, 15) is 14.4 Å². The fraction of sp³-hybridized carbons (Fsp3) is 0.632. The van der Waals surface area contributed by atoms with Crippen LogP contribution in [0.5, 0.6) is 0 Å². The summed E-state index contributed by atoms with van der Waals surface area (Å²) in [6.07, 6.45) is 67.9. The van der Waals surface area contributed by atoms with Crippen LogP contribution in [0.25, 0.3) is 0 Å². The van der Waals surface area contributed by atoms with E-state index in [0.717, 1.165) is 116 Å². The molecule has 0 bridgehead atoms. The molecule has 356 valence electrons. The molecule has 6 nitrogen and oxygen atoms in total. The van der Waals surface area contributed by atoms with E-state index in [4.69, 9.17) is 14.2 Å². The highest BCUT2D eigenvalue weighted by molar-refractivity contribution is 5.71. The van der Waals surface area contributed by atoms with Crippen molar-refractivity contribution in [1.29, 1.82) is 0 Å². The van der Waals surface area contributed by atoms with E-state index in [0.29, 0.717) is 19.3 Å². The largest absolute Gasteiger partial charge is 0.462 e. The topological polar surface area (TPSA) is 78.9 Å². The van der Waals surface area contributed by atoms with E-state index in [1.807, 2.05) is 12.2 Å². The Bertz CT molecular complexity index is 1330. The van der Waals surface area contributed by atoms with Crippen molar-refractivity contribution in [2.45, 2.75) is 219 Å². The number of ether oxygens (including phenoxy) is 3. The Morgan fingerprint density at radius 2 is 0.667 bits per heavy atom. The Hall–Kier alpha value is -3.93. The van der Waals surface area contributed by atoms with Gasteiger partial charge in [0, 0.05) is 19.3 Å². The van der Waals surface area contributed by atoms with Crippen molar-refractivity contribution in [3.63, 3.8) is 0 Å². The third-order valence-corrected chi connectivity index (χ3v) is 10.2. The minimum atomic E-state index is -0.820. The lowest BCUT2D eigenvalue weighted by Gasteiger charge is -2.18. The molecule has 0 radical (unpaired) electrons. The van der Waals surface area contributed by atoms with Crippen molar-refractivity contribution in [2.24, 2.45) is 0 Å². The molecule has 0 saturated carbocycles. The van der Waals surface area contributed by atoms with Crippen LogP contribution in [-0.4, -0.2) is 37.2 Å². The van der Waals surface area contributed by atoms with Crippen molar-refractivity contribution in [3.05, 3.63) is 109 Å². The van der Waals surface area contributed by atoms with Crippen LogP contribution in [0.1, 0.15) is 213 Å². The van der Waals surface area contributed by atoms with Gasteiger partial charge in [-0.05, 0) is 109 Å². The molecule has 0 amide bonds. The van der Waals surface area contributed by atoms with Gasteiger partial charge >= 0.3 is 17.9 Å². The lowest BCUT2D eigenvalue weighted by atomic mass is 10.1. The summed E-state index contributed by atoms with van der Waals surface area (Å²) >= 11 is 0. The summed E-state index contributed by atoms with van der Waals surface area (Å²) in [5.74, 6) is -1.03. The van der Waals surface area contributed by atoms with Gasteiger partial charge in [-0.2, -0.15) is 0 Å². The molecule has 0 rings (SSSR count). The maximum atomic E-state index is 12.8. The predicted octanol–water partition coefficient (Wildman–Crippen LogP) is 16.8. The fourth-order valence-corrected chi connectivity index (χ4v) is 6.42. The first-order chi connectivity index (χ1) is 31.0. The molecule has 0 fully saturated rings. The lowest BCUT2D eigenvalue weighted by molar-refractivity contribution is -0.166. The van der Waals surface area contributed by atoms with E-state index in [1.165, 1.54) is 51.4 Å². The first-order valence-electron chi connectivity index (χ1n) is 25.4. The Morgan fingerprint density at radius 1 is 0.333 bits per heavy atom. The van der Waals surface area contributed by atoms with Crippen LogP contribution < -0.4 is 0 Å². The Balaban J connectivity index is 4.53. The molecule has 0 aliphatic rings. The number of allylic oxidation sites excluding steroid dienone is 18. The second kappa shape index (κ2) is 50.7. The molecule has 0 spiro atoms. The highest BCUT2D eigenvalue weighted by Crippen LogP contribution is 2.12. The first kappa shape index (κ1) is 59.1. The first-order valence-corrected chi connectivity index (χ1v) is 25.4. The van der Waals surface area contributed by atoms with Gasteiger partial charge in [0.2, 0.25) is 0 Å². The Morgan fingerprint density at radius 3 is 1.13 bits per heavy atom. The molecule has 0 aromatic heterocycles. The van der Waals surface area contributed by atoms with Gasteiger partial charge in [-0.3, -0.25) is 14.4 Å². The zero-order chi connectivity index (χ0) is 45.8. The van der Waals surface area contributed by atoms with Gasteiger partial charge in [0.25, 0.3) is 0 Å². The van der Waals surface area contributed by atoms with Crippen molar-refractivity contribution in [2.75, 3.05) is 13.2 Å². The maximum absolute atomic E-state index is 12.8. The van der Waals surface area contributed by atoms with Gasteiger partial charge in [-0.15, -0.1) is 0 Å². The Kier molecular flexibility index (Phi) is 47.5. The number of unbranched alkanes of at least 4 members (excludes halogenated alkanes) is 15. The maximum Gasteiger partial charge on any atom is 0.306 e. The summed E-state index contributed by atoms with van der Waals surface area (Å²) in [4.78, 5) is 37.9. The van der Waals surface area contributed by atoms with Crippen LogP contribution in [0.3, 0.4) is 0 Å². The van der Waals surface area contributed by atoms with E-state index < -0.39 is 6.10 Å². The molecular formula is C57H92O6. The minimum absolute atomic E-state index is 0.114. The van der Waals surface area contributed by atoms with E-state index in [-0.39, 0.29) is 37.5 Å². The minimum Gasteiger partial charge on any atom is -0.462 e. The van der Waals surface area contributed by atoms with Gasteiger partial charge in [-0.25, -0.2) is 0 Å². The van der Waals surface area contributed by atoms with Gasteiger partial charge in [0.1, 0.15) is 13.2 Å². The lowest BCUT2D eigenvalue weighted by Crippen LogP contribution is -2.30. The number of rotatable bonds is 44. The number of esters is 3. The summed E-state index contributed by atoms with van der Waals surface area (Å²) in [6.45, 7) is 6.35. The van der Waals surface area contributed by atoms with Gasteiger partial charge in [0.05, 0.1) is 0 Å². The summed E-state index contributed by atoms with van der Waals surface area (Å²) in [5, 5.41) is 0. The molecule has 6 heteroatoms. The van der Waals surface area contributed by atoms with Crippen LogP contribution in [0, 0.1) is 0 Å². The van der Waals surface area contributed by atoms with E-state index >= 15 is 0 Å². The summed E-state index contributed by atoms with van der Waals surface area (Å²) in [5.41, 5.74) is 0. The standard InChI is InChI=1S/C57H92O6/c1-4-7-10-13-16-19-22-24-26-27-28-29-31-32-35-38-41-44-47-50-56(59)62-53-54(52-61-55(58)49-46-43-40-37-34-21-18-15-12-9-6-3)63-57(60)51-48-45-42-39-36-33-30-25-23-20-17-14-11-8-5-2/h7,10,15-20,24-26,28-30,32,35,41,44,54H,4-6,8-9,11-14,21-23,27,31,33-34,36-40,42-43,45-53H2,1-3H3/b10-7-,18-15-,19-16-,20-17-,26-24-,29-28-,30-25-,35-32-,44-41-/t54-/m1/s1. The van der Waals surface area contributed by atoms with Crippen molar-refractivity contribution in [3.8, 4) is 0 Å². The molecule has 0 aliphatic heterocycles. The van der Waals surface area contributed by atoms with Crippen molar-refractivity contribution in [1.82, 2.24) is 0 Å². The fourth-order valence-electron chi connectivity index (χ4n) is 6.42. The second-order valence-electron chi connectivity index (χ2n) is 16.3. The normalized spacial score (nSPS) is 13.0. The third-order valence-electron chi connectivity index (χ3n) is 10.2. The molecule has 63 heavy (non-hydrogen) atoms. The van der Waals surface area contributed by atoms with Crippen LogP contribution >= 0.6 is 0 Å². The molecule has 0 heterocycles. The van der Waals surface area contributed by atoms with Crippen LogP contribution in [0.15, 0.2) is 109 Å². The van der Waals surface area contributed by atoms with E-state index in [2.05, 4.69) is 118 Å². The second-order valence-corrected chi connectivity index (χ2v) is 16.3. The molecule has 0 unspecified atom stereocenters.